The van der Waals surface area contributed by atoms with Crippen LogP contribution < -0.4 is 4.90 Å². The summed E-state index contributed by atoms with van der Waals surface area (Å²) in [6, 6.07) is 14.1. The number of fused-ring (bicyclic) bond motifs is 1. The molecule has 0 atom stereocenters. The first-order valence-corrected chi connectivity index (χ1v) is 10.3. The fourth-order valence-electron chi connectivity index (χ4n) is 4.14. The Hall–Kier alpha value is -3.03. The highest BCUT2D eigenvalue weighted by Crippen LogP contribution is 2.33. The molecule has 0 bridgehead atoms. The predicted octanol–water partition coefficient (Wildman–Crippen LogP) is 4.67. The van der Waals surface area contributed by atoms with Gasteiger partial charge in [0.05, 0.1) is 11.0 Å². The van der Waals surface area contributed by atoms with E-state index >= 15 is 0 Å². The summed E-state index contributed by atoms with van der Waals surface area (Å²) in [4.78, 5) is 20.4. The highest BCUT2D eigenvalue weighted by atomic mass is 19.4. The number of aromatic nitrogens is 2. The molecule has 0 saturated carbocycles. The second-order valence-corrected chi connectivity index (χ2v) is 8.21. The lowest BCUT2D eigenvalue weighted by Crippen LogP contribution is -2.39. The number of carbonyl (C=O) groups excluding carboxylic acids is 1. The van der Waals surface area contributed by atoms with Crippen LogP contribution in [0.15, 0.2) is 48.5 Å². The molecular formula is C23H25F3N4O. The van der Waals surface area contributed by atoms with Crippen molar-refractivity contribution in [2.24, 2.45) is 5.92 Å². The van der Waals surface area contributed by atoms with E-state index in [0.717, 1.165) is 5.69 Å². The van der Waals surface area contributed by atoms with Crippen molar-refractivity contribution in [2.75, 3.05) is 32.1 Å². The van der Waals surface area contributed by atoms with Gasteiger partial charge in [-0.25, -0.2) is 4.98 Å². The van der Waals surface area contributed by atoms with Gasteiger partial charge in [-0.15, -0.1) is 0 Å². The Morgan fingerprint density at radius 1 is 1.06 bits per heavy atom. The first kappa shape index (κ1) is 21.2. The maximum atomic E-state index is 13.5. The van der Waals surface area contributed by atoms with Crippen LogP contribution in [0.25, 0.3) is 11.0 Å². The van der Waals surface area contributed by atoms with E-state index in [1.54, 1.807) is 29.2 Å². The number of imidazole rings is 1. The molecule has 0 N–H and O–H groups in total. The van der Waals surface area contributed by atoms with E-state index in [9.17, 15) is 18.0 Å². The quantitative estimate of drug-likeness (QED) is 0.604. The standard InChI is InChI=1S/C23H25F3N4O/c1-28(2)18-9-7-17(8-10-18)21(31)29-13-11-16(12-14-29)15-30-20-6-4-3-5-19(20)27-22(30)23(24,25)26/h3-10,16H,11-15H2,1-2H3. The number of halogens is 3. The lowest BCUT2D eigenvalue weighted by molar-refractivity contribution is -0.147. The number of anilines is 1. The van der Waals surface area contributed by atoms with Gasteiger partial charge < -0.3 is 14.4 Å². The Labute approximate surface area is 179 Å². The molecule has 4 rings (SSSR count). The first-order valence-electron chi connectivity index (χ1n) is 10.3. The Morgan fingerprint density at radius 3 is 2.32 bits per heavy atom. The van der Waals surface area contributed by atoms with Crippen LogP contribution in [0.2, 0.25) is 0 Å². The average Bonchev–Trinajstić information content (AvgIpc) is 3.13. The smallest absolute Gasteiger partial charge is 0.378 e. The SMILES string of the molecule is CN(C)c1ccc(C(=O)N2CCC(Cn3c(C(F)(F)F)nc4ccccc43)CC2)cc1. The molecule has 5 nitrogen and oxygen atoms in total. The molecule has 1 saturated heterocycles. The largest absolute Gasteiger partial charge is 0.449 e. The van der Waals surface area contributed by atoms with Crippen molar-refractivity contribution in [1.29, 1.82) is 0 Å². The van der Waals surface area contributed by atoms with Gasteiger partial charge in [0.1, 0.15) is 0 Å². The number of rotatable bonds is 4. The number of amides is 1. The van der Waals surface area contributed by atoms with Crippen LogP contribution in [-0.4, -0.2) is 47.5 Å². The monoisotopic (exact) mass is 430 g/mol. The number of carbonyl (C=O) groups is 1. The van der Waals surface area contributed by atoms with Gasteiger partial charge in [-0.05, 0) is 55.2 Å². The topological polar surface area (TPSA) is 41.4 Å². The number of nitrogens with zero attached hydrogens (tertiary/aromatic N) is 4. The second-order valence-electron chi connectivity index (χ2n) is 8.21. The zero-order valence-corrected chi connectivity index (χ0v) is 17.6. The predicted molar refractivity (Wildman–Crippen MR) is 114 cm³/mol. The summed E-state index contributed by atoms with van der Waals surface area (Å²) in [5, 5.41) is 0. The van der Waals surface area contributed by atoms with Crippen molar-refractivity contribution in [3.05, 3.63) is 59.9 Å². The van der Waals surface area contributed by atoms with Crippen LogP contribution >= 0.6 is 0 Å². The highest BCUT2D eigenvalue weighted by Gasteiger charge is 2.38. The molecule has 0 radical (unpaired) electrons. The molecule has 8 heteroatoms. The van der Waals surface area contributed by atoms with Crippen molar-refractivity contribution in [2.45, 2.75) is 25.6 Å². The summed E-state index contributed by atoms with van der Waals surface area (Å²) in [5.41, 5.74) is 2.49. The molecular weight excluding hydrogens is 405 g/mol. The molecule has 1 aliphatic rings. The van der Waals surface area contributed by atoms with Crippen molar-refractivity contribution in [3.8, 4) is 0 Å². The molecule has 0 unspecified atom stereocenters. The van der Waals surface area contributed by atoms with E-state index in [0.29, 0.717) is 42.5 Å². The Bertz CT molecular complexity index is 1060. The zero-order valence-electron chi connectivity index (χ0n) is 17.6. The van der Waals surface area contributed by atoms with Crippen LogP contribution in [0, 0.1) is 5.92 Å². The Balaban J connectivity index is 1.45. The number of alkyl halides is 3. The molecule has 2 aromatic carbocycles. The van der Waals surface area contributed by atoms with Gasteiger partial charge in [0, 0.05) is 45.0 Å². The van der Waals surface area contributed by atoms with E-state index < -0.39 is 12.0 Å². The lowest BCUT2D eigenvalue weighted by atomic mass is 9.96. The first-order chi connectivity index (χ1) is 14.7. The zero-order chi connectivity index (χ0) is 22.2. The van der Waals surface area contributed by atoms with Gasteiger partial charge in [0.2, 0.25) is 5.82 Å². The fourth-order valence-corrected chi connectivity index (χ4v) is 4.14. The van der Waals surface area contributed by atoms with E-state index in [1.807, 2.05) is 43.3 Å². The molecule has 0 aliphatic carbocycles. The maximum Gasteiger partial charge on any atom is 0.449 e. The van der Waals surface area contributed by atoms with Crippen molar-refractivity contribution < 1.29 is 18.0 Å². The third-order valence-corrected chi connectivity index (χ3v) is 5.88. The van der Waals surface area contributed by atoms with Crippen LogP contribution in [0.5, 0.6) is 0 Å². The van der Waals surface area contributed by atoms with Crippen molar-refractivity contribution >= 4 is 22.6 Å². The molecule has 3 aromatic rings. The lowest BCUT2D eigenvalue weighted by Gasteiger charge is -2.32. The minimum atomic E-state index is -4.51. The summed E-state index contributed by atoms with van der Waals surface area (Å²) >= 11 is 0. The minimum absolute atomic E-state index is 0.0344. The van der Waals surface area contributed by atoms with Crippen molar-refractivity contribution in [1.82, 2.24) is 14.5 Å². The second kappa shape index (κ2) is 8.24. The third kappa shape index (κ3) is 4.38. The summed E-state index contributed by atoms with van der Waals surface area (Å²) in [6.07, 6.45) is -3.19. The van der Waals surface area contributed by atoms with Crippen LogP contribution in [-0.2, 0) is 12.7 Å². The van der Waals surface area contributed by atoms with Crippen LogP contribution in [0.1, 0.15) is 29.0 Å². The van der Waals surface area contributed by atoms with E-state index in [1.165, 1.54) is 4.57 Å². The van der Waals surface area contributed by atoms with Crippen molar-refractivity contribution in [3.63, 3.8) is 0 Å². The Kier molecular flexibility index (Phi) is 5.64. The Morgan fingerprint density at radius 2 is 1.71 bits per heavy atom. The van der Waals surface area contributed by atoms with Gasteiger partial charge in [0.15, 0.2) is 0 Å². The van der Waals surface area contributed by atoms with E-state index in [-0.39, 0.29) is 18.4 Å². The molecule has 31 heavy (non-hydrogen) atoms. The number of benzene rings is 2. The molecule has 1 amide bonds. The number of piperidine rings is 1. The summed E-state index contributed by atoms with van der Waals surface area (Å²) in [7, 11) is 3.88. The number of para-hydroxylation sites is 2. The fraction of sp³-hybridized carbons (Fsp3) is 0.391. The van der Waals surface area contributed by atoms with Gasteiger partial charge in [-0.1, -0.05) is 12.1 Å². The minimum Gasteiger partial charge on any atom is -0.378 e. The third-order valence-electron chi connectivity index (χ3n) is 5.88. The van der Waals surface area contributed by atoms with Crippen LogP contribution in [0.4, 0.5) is 18.9 Å². The molecule has 0 spiro atoms. The van der Waals surface area contributed by atoms with Gasteiger partial charge in [-0.2, -0.15) is 13.2 Å². The number of hydrogen-bond acceptors (Lipinski definition) is 3. The molecule has 1 fully saturated rings. The highest BCUT2D eigenvalue weighted by molar-refractivity contribution is 5.94. The van der Waals surface area contributed by atoms with Gasteiger partial charge in [-0.3, -0.25) is 4.79 Å². The molecule has 1 aromatic heterocycles. The van der Waals surface area contributed by atoms with Gasteiger partial charge >= 0.3 is 6.18 Å². The van der Waals surface area contributed by atoms with Crippen LogP contribution in [0.3, 0.4) is 0 Å². The summed E-state index contributed by atoms with van der Waals surface area (Å²) in [5.74, 6) is -0.833. The number of likely N-dealkylation sites (tertiary alicyclic amines) is 1. The van der Waals surface area contributed by atoms with E-state index in [2.05, 4.69) is 4.98 Å². The normalized spacial score (nSPS) is 15.5. The average molecular weight is 430 g/mol. The van der Waals surface area contributed by atoms with Gasteiger partial charge in [0.25, 0.3) is 5.91 Å². The molecule has 2 heterocycles. The van der Waals surface area contributed by atoms with E-state index in [4.69, 9.17) is 0 Å². The molecule has 164 valence electrons. The summed E-state index contributed by atoms with van der Waals surface area (Å²) in [6.45, 7) is 1.31. The number of hydrogen-bond donors (Lipinski definition) is 0. The summed E-state index contributed by atoms with van der Waals surface area (Å²) < 4.78 is 41.9. The molecule has 1 aliphatic heterocycles. The maximum absolute atomic E-state index is 13.5.